The van der Waals surface area contributed by atoms with Crippen molar-refractivity contribution in [3.63, 3.8) is 0 Å². The Labute approximate surface area is 114 Å². The fraction of sp³-hybridized carbons (Fsp3) is 0.0714. The van der Waals surface area contributed by atoms with Gasteiger partial charge in [0.25, 0.3) is 0 Å². The Kier molecular flexibility index (Phi) is 4.12. The molecule has 0 fully saturated rings. The minimum atomic E-state index is -0.675. The Hall–Kier alpha value is -1.94. The summed E-state index contributed by atoms with van der Waals surface area (Å²) in [6, 6.07) is 9.61. The van der Waals surface area contributed by atoms with Crippen molar-refractivity contribution in [2.45, 2.75) is 6.42 Å². The monoisotopic (exact) mass is 281 g/mol. The van der Waals surface area contributed by atoms with Crippen LogP contribution in [0.3, 0.4) is 0 Å². The Morgan fingerprint density at radius 2 is 1.79 bits per heavy atom. The van der Waals surface area contributed by atoms with Crippen LogP contribution >= 0.6 is 11.6 Å². The molecule has 0 aromatic heterocycles. The van der Waals surface area contributed by atoms with E-state index in [1.54, 1.807) is 24.3 Å². The fourth-order valence-electron chi connectivity index (χ4n) is 1.58. The van der Waals surface area contributed by atoms with E-state index in [4.69, 9.17) is 11.6 Å². The molecule has 2 nitrogen and oxygen atoms in total. The molecule has 2 rings (SSSR count). The van der Waals surface area contributed by atoms with Crippen molar-refractivity contribution in [1.82, 2.24) is 0 Å². The second-order valence-electron chi connectivity index (χ2n) is 3.98. The summed E-state index contributed by atoms with van der Waals surface area (Å²) < 4.78 is 26.3. The number of amides is 1. The molecule has 0 saturated carbocycles. The highest BCUT2D eigenvalue weighted by atomic mass is 35.5. The van der Waals surface area contributed by atoms with Crippen molar-refractivity contribution in [3.05, 3.63) is 64.7 Å². The minimum absolute atomic E-state index is 0.0626. The highest BCUT2D eigenvalue weighted by molar-refractivity contribution is 6.30. The van der Waals surface area contributed by atoms with Gasteiger partial charge in [-0.1, -0.05) is 23.7 Å². The van der Waals surface area contributed by atoms with Gasteiger partial charge in [0.05, 0.1) is 12.1 Å². The molecule has 0 unspecified atom stereocenters. The van der Waals surface area contributed by atoms with Crippen LogP contribution in [0.5, 0.6) is 0 Å². The number of hydrogen-bond acceptors (Lipinski definition) is 1. The number of halogens is 3. The molecule has 0 aliphatic carbocycles. The van der Waals surface area contributed by atoms with Gasteiger partial charge in [-0.2, -0.15) is 0 Å². The first-order valence-corrected chi connectivity index (χ1v) is 5.92. The van der Waals surface area contributed by atoms with E-state index in [1.165, 1.54) is 0 Å². The van der Waals surface area contributed by atoms with E-state index in [-0.39, 0.29) is 12.1 Å². The summed E-state index contributed by atoms with van der Waals surface area (Å²) >= 11 is 5.72. The van der Waals surface area contributed by atoms with Crippen LogP contribution in [0.4, 0.5) is 14.5 Å². The quantitative estimate of drug-likeness (QED) is 0.911. The van der Waals surface area contributed by atoms with Crippen molar-refractivity contribution in [3.8, 4) is 0 Å². The van der Waals surface area contributed by atoms with E-state index in [0.717, 1.165) is 23.8 Å². The first kappa shape index (κ1) is 13.5. The van der Waals surface area contributed by atoms with E-state index in [9.17, 15) is 13.6 Å². The zero-order chi connectivity index (χ0) is 13.8. The summed E-state index contributed by atoms with van der Waals surface area (Å²) in [6.07, 6.45) is 0.0626. The largest absolute Gasteiger partial charge is 0.323 e. The molecule has 1 N–H and O–H groups in total. The molecular weight excluding hydrogens is 272 g/mol. The second kappa shape index (κ2) is 5.80. The lowest BCUT2D eigenvalue weighted by Crippen LogP contribution is -2.15. The third kappa shape index (κ3) is 3.76. The average Bonchev–Trinajstić information content (AvgIpc) is 2.37. The van der Waals surface area contributed by atoms with Crippen molar-refractivity contribution in [1.29, 1.82) is 0 Å². The van der Waals surface area contributed by atoms with Crippen molar-refractivity contribution < 1.29 is 13.6 Å². The number of nitrogens with one attached hydrogen (secondary N) is 1. The topological polar surface area (TPSA) is 29.1 Å². The maximum atomic E-state index is 13.3. The maximum Gasteiger partial charge on any atom is 0.228 e. The third-order valence-electron chi connectivity index (χ3n) is 2.48. The molecule has 0 radical (unpaired) electrons. The van der Waals surface area contributed by atoms with Gasteiger partial charge in [0.2, 0.25) is 5.91 Å². The number of benzene rings is 2. The predicted octanol–water partition coefficient (Wildman–Crippen LogP) is 3.80. The maximum absolute atomic E-state index is 13.3. The molecule has 5 heteroatoms. The first-order chi connectivity index (χ1) is 9.04. The minimum Gasteiger partial charge on any atom is -0.323 e. The van der Waals surface area contributed by atoms with Gasteiger partial charge in [-0.3, -0.25) is 4.79 Å². The van der Waals surface area contributed by atoms with Gasteiger partial charge in [0.1, 0.15) is 11.6 Å². The van der Waals surface area contributed by atoms with Crippen LogP contribution in [0, 0.1) is 11.6 Å². The molecule has 2 aromatic rings. The van der Waals surface area contributed by atoms with Crippen LogP contribution in [-0.2, 0) is 11.2 Å². The number of anilines is 1. The zero-order valence-corrected chi connectivity index (χ0v) is 10.5. The van der Waals surface area contributed by atoms with Crippen LogP contribution in [0.1, 0.15) is 5.56 Å². The van der Waals surface area contributed by atoms with E-state index in [2.05, 4.69) is 5.32 Å². The molecule has 1 amide bonds. The summed E-state index contributed by atoms with van der Waals surface area (Å²) in [5.41, 5.74) is 0.567. The Morgan fingerprint density at radius 3 is 2.47 bits per heavy atom. The molecule has 19 heavy (non-hydrogen) atoms. The molecule has 0 aliphatic heterocycles. The highest BCUT2D eigenvalue weighted by Gasteiger charge is 2.08. The van der Waals surface area contributed by atoms with E-state index in [1.807, 2.05) is 0 Å². The van der Waals surface area contributed by atoms with Crippen LogP contribution in [0.25, 0.3) is 0 Å². The molecule has 2 aromatic carbocycles. The molecule has 0 bridgehead atoms. The number of hydrogen-bond donors (Lipinski definition) is 1. The fourth-order valence-corrected chi connectivity index (χ4v) is 1.70. The number of carbonyl (C=O) groups excluding carboxylic acids is 1. The molecule has 98 valence electrons. The Morgan fingerprint density at radius 1 is 1.11 bits per heavy atom. The van der Waals surface area contributed by atoms with Crippen LogP contribution in [-0.4, -0.2) is 5.91 Å². The molecule has 0 saturated heterocycles. The summed E-state index contributed by atoms with van der Waals surface area (Å²) in [5.74, 6) is -1.71. The highest BCUT2D eigenvalue weighted by Crippen LogP contribution is 2.16. The normalized spacial score (nSPS) is 10.3. The van der Waals surface area contributed by atoms with E-state index < -0.39 is 17.5 Å². The molecule has 0 spiro atoms. The average molecular weight is 282 g/mol. The molecular formula is C14H10ClF2NO. The van der Waals surface area contributed by atoms with E-state index >= 15 is 0 Å². The van der Waals surface area contributed by atoms with Gasteiger partial charge < -0.3 is 5.32 Å². The van der Waals surface area contributed by atoms with Crippen LogP contribution in [0.2, 0.25) is 5.02 Å². The summed E-state index contributed by atoms with van der Waals surface area (Å²) in [7, 11) is 0. The first-order valence-electron chi connectivity index (χ1n) is 5.54. The zero-order valence-electron chi connectivity index (χ0n) is 9.79. The summed E-state index contributed by atoms with van der Waals surface area (Å²) in [4.78, 5) is 11.7. The van der Waals surface area contributed by atoms with Gasteiger partial charge in [-0.15, -0.1) is 0 Å². The molecule has 0 atom stereocenters. The third-order valence-corrected chi connectivity index (χ3v) is 2.73. The second-order valence-corrected chi connectivity index (χ2v) is 4.41. The Bertz CT molecular complexity index is 599. The number of rotatable bonds is 3. The van der Waals surface area contributed by atoms with Crippen LogP contribution in [0.15, 0.2) is 42.5 Å². The standard InChI is InChI=1S/C14H10ClF2NO/c15-10-3-1-9(2-4-10)7-14(19)18-13-8-11(16)5-6-12(13)17/h1-6,8H,7H2,(H,18,19). The molecule has 0 aliphatic rings. The van der Waals surface area contributed by atoms with Gasteiger partial charge in [-0.25, -0.2) is 8.78 Å². The van der Waals surface area contributed by atoms with Gasteiger partial charge in [0.15, 0.2) is 0 Å². The van der Waals surface area contributed by atoms with Gasteiger partial charge >= 0.3 is 0 Å². The Balaban J connectivity index is 2.05. The van der Waals surface area contributed by atoms with Gasteiger partial charge in [-0.05, 0) is 29.8 Å². The predicted molar refractivity (Wildman–Crippen MR) is 70.1 cm³/mol. The van der Waals surface area contributed by atoms with Crippen molar-refractivity contribution in [2.75, 3.05) is 5.32 Å². The number of carbonyl (C=O) groups is 1. The lowest BCUT2D eigenvalue weighted by Gasteiger charge is -2.06. The SMILES string of the molecule is O=C(Cc1ccc(Cl)cc1)Nc1cc(F)ccc1F. The lowest BCUT2D eigenvalue weighted by atomic mass is 10.1. The smallest absolute Gasteiger partial charge is 0.228 e. The summed E-state index contributed by atoms with van der Waals surface area (Å²) in [6.45, 7) is 0. The summed E-state index contributed by atoms with van der Waals surface area (Å²) in [5, 5.41) is 2.90. The van der Waals surface area contributed by atoms with Crippen LogP contribution < -0.4 is 5.32 Å². The van der Waals surface area contributed by atoms with Gasteiger partial charge in [0, 0.05) is 11.1 Å². The van der Waals surface area contributed by atoms with Crippen molar-refractivity contribution >= 4 is 23.2 Å². The lowest BCUT2D eigenvalue weighted by molar-refractivity contribution is -0.115. The molecule has 0 heterocycles. The van der Waals surface area contributed by atoms with Crippen molar-refractivity contribution in [2.24, 2.45) is 0 Å². The van der Waals surface area contributed by atoms with E-state index in [0.29, 0.717) is 5.02 Å².